The minimum atomic E-state index is -0.558. The summed E-state index contributed by atoms with van der Waals surface area (Å²) in [6, 6.07) is 19.4. The highest BCUT2D eigenvalue weighted by molar-refractivity contribution is 8.00. The lowest BCUT2D eigenvalue weighted by atomic mass is 10.2. The maximum absolute atomic E-state index is 13.0. The summed E-state index contributed by atoms with van der Waals surface area (Å²) < 4.78 is 12.5. The molecule has 1 N–H and O–H groups in total. The molecule has 0 fully saturated rings. The van der Waals surface area contributed by atoms with Crippen LogP contribution in [0.5, 0.6) is 11.5 Å². The Morgan fingerprint density at radius 1 is 1.09 bits per heavy atom. The van der Waals surface area contributed by atoms with Gasteiger partial charge in [-0.3, -0.25) is 19.5 Å². The number of non-ortho nitro benzene ring substituents is 1. The maximum atomic E-state index is 13.0. The van der Waals surface area contributed by atoms with E-state index in [1.54, 1.807) is 14.0 Å². The first kappa shape index (κ1) is 23.1. The van der Waals surface area contributed by atoms with Gasteiger partial charge in [-0.2, -0.15) is 0 Å². The van der Waals surface area contributed by atoms with Gasteiger partial charge < -0.3 is 14.8 Å². The third-order valence-electron chi connectivity index (χ3n) is 5.16. The summed E-state index contributed by atoms with van der Waals surface area (Å²) in [5, 5.41) is 14.0. The van der Waals surface area contributed by atoms with Crippen molar-refractivity contribution in [1.82, 2.24) is 9.55 Å². The lowest BCUT2D eigenvalue weighted by Gasteiger charge is -2.15. The Morgan fingerprint density at radius 2 is 1.82 bits per heavy atom. The quantitative estimate of drug-likeness (QED) is 0.214. The molecule has 0 aliphatic carbocycles. The Labute approximate surface area is 199 Å². The average molecular weight is 479 g/mol. The summed E-state index contributed by atoms with van der Waals surface area (Å²) in [4.78, 5) is 28.4. The van der Waals surface area contributed by atoms with Crippen LogP contribution >= 0.6 is 11.8 Å². The number of rotatable bonds is 8. The van der Waals surface area contributed by atoms with Gasteiger partial charge in [0.2, 0.25) is 5.91 Å². The summed E-state index contributed by atoms with van der Waals surface area (Å²) in [6.07, 6.45) is 0. The zero-order valence-electron chi connectivity index (χ0n) is 18.7. The molecule has 1 aromatic heterocycles. The van der Waals surface area contributed by atoms with Crippen LogP contribution in [0, 0.1) is 10.1 Å². The molecular formula is C24H22N4O5S. The zero-order valence-corrected chi connectivity index (χ0v) is 19.5. The molecule has 1 heterocycles. The number of ether oxygens (including phenoxy) is 2. The number of benzene rings is 3. The number of amides is 1. The van der Waals surface area contributed by atoms with Crippen molar-refractivity contribution in [2.45, 2.75) is 17.3 Å². The average Bonchev–Trinajstić information content (AvgIpc) is 3.21. The summed E-state index contributed by atoms with van der Waals surface area (Å²) >= 11 is 1.29. The van der Waals surface area contributed by atoms with Crippen molar-refractivity contribution in [3.8, 4) is 17.2 Å². The van der Waals surface area contributed by atoms with Crippen LogP contribution in [0.15, 0.2) is 71.9 Å². The van der Waals surface area contributed by atoms with E-state index in [4.69, 9.17) is 14.5 Å². The molecule has 1 amide bonds. The molecule has 0 aliphatic heterocycles. The van der Waals surface area contributed by atoms with Gasteiger partial charge in [0.15, 0.2) is 5.16 Å². The second-order valence-corrected chi connectivity index (χ2v) is 8.62. The van der Waals surface area contributed by atoms with E-state index in [9.17, 15) is 14.9 Å². The number of nitro groups is 1. The fraction of sp³-hybridized carbons (Fsp3) is 0.167. The first-order valence-electron chi connectivity index (χ1n) is 10.3. The number of anilines is 1. The molecular weight excluding hydrogens is 456 g/mol. The van der Waals surface area contributed by atoms with Gasteiger partial charge >= 0.3 is 0 Å². The van der Waals surface area contributed by atoms with Gasteiger partial charge in [-0.05, 0) is 49.4 Å². The Morgan fingerprint density at radius 3 is 2.50 bits per heavy atom. The van der Waals surface area contributed by atoms with Crippen molar-refractivity contribution in [1.29, 1.82) is 0 Å². The van der Waals surface area contributed by atoms with Crippen LogP contribution in [0.25, 0.3) is 16.7 Å². The molecule has 4 rings (SSSR count). The van der Waals surface area contributed by atoms with Crippen molar-refractivity contribution in [3.63, 3.8) is 0 Å². The highest BCUT2D eigenvalue weighted by Gasteiger charge is 2.22. The Hall–Kier alpha value is -4.05. The number of para-hydroxylation sites is 2. The number of thioether (sulfide) groups is 1. The lowest BCUT2D eigenvalue weighted by molar-refractivity contribution is -0.384. The first-order chi connectivity index (χ1) is 16.4. The van der Waals surface area contributed by atoms with Crippen LogP contribution in [0.2, 0.25) is 0 Å². The van der Waals surface area contributed by atoms with E-state index >= 15 is 0 Å². The van der Waals surface area contributed by atoms with Crippen LogP contribution in [0.3, 0.4) is 0 Å². The Bertz CT molecular complexity index is 1350. The monoisotopic (exact) mass is 478 g/mol. The van der Waals surface area contributed by atoms with Crippen molar-refractivity contribution < 1.29 is 19.2 Å². The number of fused-ring (bicyclic) bond motifs is 1. The molecule has 0 bridgehead atoms. The van der Waals surface area contributed by atoms with Gasteiger partial charge in [0.1, 0.15) is 11.5 Å². The summed E-state index contributed by atoms with van der Waals surface area (Å²) in [5.74, 6) is 0.736. The van der Waals surface area contributed by atoms with Gasteiger partial charge in [0.05, 0.1) is 41.1 Å². The number of nitro benzene ring substituents is 1. The number of imidazole rings is 1. The predicted octanol–water partition coefficient (Wildman–Crippen LogP) is 5.07. The number of methoxy groups -OCH3 is 2. The van der Waals surface area contributed by atoms with E-state index in [1.165, 1.54) is 37.1 Å². The molecule has 0 unspecified atom stereocenters. The Kier molecular flexibility index (Phi) is 6.69. The highest BCUT2D eigenvalue weighted by atomic mass is 32.2. The number of nitrogens with zero attached hydrogens (tertiary/aromatic N) is 3. The Balaban J connectivity index is 1.63. The minimum Gasteiger partial charge on any atom is -0.497 e. The van der Waals surface area contributed by atoms with E-state index in [1.807, 2.05) is 53.1 Å². The van der Waals surface area contributed by atoms with E-state index in [0.29, 0.717) is 10.9 Å². The van der Waals surface area contributed by atoms with Crippen LogP contribution < -0.4 is 14.8 Å². The smallest absolute Gasteiger partial charge is 0.271 e. The van der Waals surface area contributed by atoms with Crippen LogP contribution in [-0.2, 0) is 4.79 Å². The van der Waals surface area contributed by atoms with Crippen LogP contribution in [0.1, 0.15) is 6.92 Å². The molecule has 0 spiro atoms. The number of aromatic nitrogens is 2. The summed E-state index contributed by atoms with van der Waals surface area (Å²) in [6.45, 7) is 1.75. The number of hydrogen-bond acceptors (Lipinski definition) is 7. The third kappa shape index (κ3) is 4.67. The summed E-state index contributed by atoms with van der Waals surface area (Å²) in [7, 11) is 3.05. The van der Waals surface area contributed by atoms with E-state index in [0.717, 1.165) is 22.5 Å². The van der Waals surface area contributed by atoms with Crippen LogP contribution in [-0.4, -0.2) is 39.9 Å². The minimum absolute atomic E-state index is 0.141. The van der Waals surface area contributed by atoms with Gasteiger partial charge in [0, 0.05) is 17.8 Å². The number of hydrogen-bond donors (Lipinski definition) is 1. The van der Waals surface area contributed by atoms with Crippen molar-refractivity contribution >= 4 is 40.1 Å². The van der Waals surface area contributed by atoms with E-state index < -0.39 is 10.2 Å². The molecule has 0 radical (unpaired) electrons. The van der Waals surface area contributed by atoms with E-state index in [-0.39, 0.29) is 17.3 Å². The number of carbonyl (C=O) groups excluding carboxylic acids is 1. The largest absolute Gasteiger partial charge is 0.497 e. The maximum Gasteiger partial charge on any atom is 0.271 e. The van der Waals surface area contributed by atoms with Crippen molar-refractivity contribution in [2.75, 3.05) is 19.5 Å². The molecule has 9 nitrogen and oxygen atoms in total. The van der Waals surface area contributed by atoms with Gasteiger partial charge in [-0.25, -0.2) is 4.98 Å². The fourth-order valence-corrected chi connectivity index (χ4v) is 4.36. The van der Waals surface area contributed by atoms with Gasteiger partial charge in [-0.1, -0.05) is 23.9 Å². The molecule has 174 valence electrons. The first-order valence-corrected chi connectivity index (χ1v) is 11.2. The summed E-state index contributed by atoms with van der Waals surface area (Å²) in [5.41, 5.74) is 2.68. The topological polar surface area (TPSA) is 109 Å². The number of carbonyl (C=O) groups is 1. The molecule has 1 atom stereocenters. The van der Waals surface area contributed by atoms with Crippen molar-refractivity contribution in [3.05, 3.63) is 76.8 Å². The number of nitrogens with one attached hydrogen (secondary N) is 1. The molecule has 0 saturated carbocycles. The third-order valence-corrected chi connectivity index (χ3v) is 6.22. The zero-order chi connectivity index (χ0) is 24.2. The van der Waals surface area contributed by atoms with Crippen molar-refractivity contribution in [2.24, 2.45) is 0 Å². The second kappa shape index (κ2) is 9.84. The fourth-order valence-electron chi connectivity index (χ4n) is 3.42. The van der Waals surface area contributed by atoms with Crippen LogP contribution in [0.4, 0.5) is 11.4 Å². The molecule has 4 aromatic rings. The molecule has 0 saturated heterocycles. The van der Waals surface area contributed by atoms with Gasteiger partial charge in [0.25, 0.3) is 5.69 Å². The normalized spacial score (nSPS) is 11.7. The van der Waals surface area contributed by atoms with Gasteiger partial charge in [-0.15, -0.1) is 0 Å². The SMILES string of the molecule is COc1ccc(-n2c(S[C@@H](C)C(=O)Nc3cc([N+](=O)[O-])ccc3OC)nc3ccccc32)cc1. The predicted molar refractivity (Wildman–Crippen MR) is 131 cm³/mol. The second-order valence-electron chi connectivity index (χ2n) is 7.31. The molecule has 3 aromatic carbocycles. The molecule has 0 aliphatic rings. The highest BCUT2D eigenvalue weighted by Crippen LogP contribution is 2.33. The standard InChI is InChI=1S/C24H22N4O5S/c1-15(23(29)25-20-14-17(28(30)31)10-13-22(20)33-3)34-24-26-19-6-4-5-7-21(19)27(24)16-8-11-18(32-2)12-9-16/h4-15H,1-3H3,(H,25,29)/t15-/m0/s1. The lowest BCUT2D eigenvalue weighted by Crippen LogP contribution is -2.23. The molecule has 34 heavy (non-hydrogen) atoms. The van der Waals surface area contributed by atoms with E-state index in [2.05, 4.69) is 5.32 Å². The molecule has 10 heteroatoms.